The fraction of sp³-hybridized carbons (Fsp3) is 0.692. The molecule has 1 aliphatic carbocycles. The van der Waals surface area contributed by atoms with Crippen molar-refractivity contribution in [2.45, 2.75) is 37.5 Å². The first-order chi connectivity index (χ1) is 8.40. The van der Waals surface area contributed by atoms with Gasteiger partial charge >= 0.3 is 0 Å². The zero-order valence-electron chi connectivity index (χ0n) is 10.0. The standard InChI is InChI=1S/C13H20N2OS/c14-8-12(10-4-7-17-9-10)15-5-6-16-13-3-1-2-11(13)15/h4,7,9,11-13H,1-3,5-6,8,14H2. The molecule has 94 valence electrons. The van der Waals surface area contributed by atoms with Gasteiger partial charge in [0.2, 0.25) is 0 Å². The van der Waals surface area contributed by atoms with Crippen LogP contribution < -0.4 is 5.73 Å². The number of rotatable bonds is 3. The third-order valence-corrected chi connectivity index (χ3v) is 4.78. The van der Waals surface area contributed by atoms with E-state index in [1.807, 2.05) is 0 Å². The highest BCUT2D eigenvalue weighted by molar-refractivity contribution is 7.07. The van der Waals surface area contributed by atoms with Crippen molar-refractivity contribution in [3.8, 4) is 0 Å². The number of hydrogen-bond donors (Lipinski definition) is 1. The van der Waals surface area contributed by atoms with Gasteiger partial charge in [-0.15, -0.1) is 0 Å². The Labute approximate surface area is 107 Å². The molecular weight excluding hydrogens is 232 g/mol. The highest BCUT2D eigenvalue weighted by Crippen LogP contribution is 2.35. The second kappa shape index (κ2) is 5.06. The van der Waals surface area contributed by atoms with Gasteiger partial charge in [0.05, 0.1) is 12.7 Å². The number of nitrogens with two attached hydrogens (primary N) is 1. The summed E-state index contributed by atoms with van der Waals surface area (Å²) in [5.41, 5.74) is 7.38. The molecule has 0 amide bonds. The number of ether oxygens (including phenoxy) is 1. The van der Waals surface area contributed by atoms with Gasteiger partial charge in [-0.2, -0.15) is 11.3 Å². The summed E-state index contributed by atoms with van der Waals surface area (Å²) in [6.45, 7) is 2.60. The Hall–Kier alpha value is -0.420. The molecule has 1 aromatic heterocycles. The molecule has 3 atom stereocenters. The first kappa shape index (κ1) is 11.7. The Kier molecular flexibility index (Phi) is 3.47. The van der Waals surface area contributed by atoms with Gasteiger partial charge in [0, 0.05) is 25.2 Å². The van der Waals surface area contributed by atoms with E-state index in [0.29, 0.717) is 24.7 Å². The van der Waals surface area contributed by atoms with Crippen LogP contribution in [-0.2, 0) is 4.74 Å². The van der Waals surface area contributed by atoms with E-state index in [0.717, 1.165) is 13.2 Å². The van der Waals surface area contributed by atoms with Crippen LogP contribution in [0, 0.1) is 0 Å². The summed E-state index contributed by atoms with van der Waals surface area (Å²) in [5.74, 6) is 0. The maximum absolute atomic E-state index is 6.00. The van der Waals surface area contributed by atoms with Crippen molar-refractivity contribution in [1.82, 2.24) is 4.90 Å². The summed E-state index contributed by atoms with van der Waals surface area (Å²) in [5, 5.41) is 4.38. The highest BCUT2D eigenvalue weighted by Gasteiger charge is 2.39. The molecule has 1 saturated heterocycles. The quantitative estimate of drug-likeness (QED) is 0.894. The van der Waals surface area contributed by atoms with Crippen LogP contribution in [-0.4, -0.2) is 36.7 Å². The van der Waals surface area contributed by atoms with Crippen LogP contribution in [0.2, 0.25) is 0 Å². The summed E-state index contributed by atoms with van der Waals surface area (Å²) in [6, 6.07) is 3.19. The van der Waals surface area contributed by atoms with Crippen molar-refractivity contribution in [3.63, 3.8) is 0 Å². The van der Waals surface area contributed by atoms with Crippen LogP contribution >= 0.6 is 11.3 Å². The minimum absolute atomic E-state index is 0.385. The number of fused-ring (bicyclic) bond motifs is 1. The van der Waals surface area contributed by atoms with Crippen LogP contribution in [0.3, 0.4) is 0 Å². The summed E-state index contributed by atoms with van der Waals surface area (Å²) < 4.78 is 5.86. The highest BCUT2D eigenvalue weighted by atomic mass is 32.1. The molecule has 3 rings (SSSR count). The van der Waals surface area contributed by atoms with Crippen LogP contribution in [0.25, 0.3) is 0 Å². The molecule has 0 radical (unpaired) electrons. The van der Waals surface area contributed by atoms with Crippen LogP contribution in [0.15, 0.2) is 16.8 Å². The third-order valence-electron chi connectivity index (χ3n) is 4.08. The fourth-order valence-corrected chi connectivity index (χ4v) is 3.98. The first-order valence-corrected chi connectivity index (χ1v) is 7.44. The topological polar surface area (TPSA) is 38.5 Å². The Morgan fingerprint density at radius 2 is 2.47 bits per heavy atom. The van der Waals surface area contributed by atoms with Gasteiger partial charge in [0.25, 0.3) is 0 Å². The molecule has 4 heteroatoms. The fourth-order valence-electron chi connectivity index (χ4n) is 3.27. The van der Waals surface area contributed by atoms with Gasteiger partial charge in [-0.25, -0.2) is 0 Å². The van der Waals surface area contributed by atoms with E-state index in [1.165, 1.54) is 24.8 Å². The number of nitrogens with zero attached hydrogens (tertiary/aromatic N) is 1. The summed E-state index contributed by atoms with van der Waals surface area (Å²) in [4.78, 5) is 2.59. The Bertz CT molecular complexity index is 354. The molecule has 1 aromatic rings. The van der Waals surface area contributed by atoms with Gasteiger partial charge < -0.3 is 10.5 Å². The van der Waals surface area contributed by atoms with Crippen molar-refractivity contribution >= 4 is 11.3 Å². The molecule has 0 spiro atoms. The molecule has 0 bridgehead atoms. The molecule has 1 aliphatic heterocycles. The lowest BCUT2D eigenvalue weighted by molar-refractivity contribution is -0.0710. The van der Waals surface area contributed by atoms with Crippen molar-refractivity contribution in [2.75, 3.05) is 19.7 Å². The zero-order chi connectivity index (χ0) is 11.7. The molecule has 2 fully saturated rings. The monoisotopic (exact) mass is 252 g/mol. The summed E-state index contributed by atoms with van der Waals surface area (Å²) in [7, 11) is 0. The third kappa shape index (κ3) is 2.15. The second-order valence-electron chi connectivity index (χ2n) is 4.95. The molecule has 1 saturated carbocycles. The molecular formula is C13H20N2OS. The molecule has 3 nitrogen and oxygen atoms in total. The zero-order valence-corrected chi connectivity index (χ0v) is 10.9. The van der Waals surface area contributed by atoms with Gasteiger partial charge in [-0.05, 0) is 41.7 Å². The van der Waals surface area contributed by atoms with E-state index < -0.39 is 0 Å². The average molecular weight is 252 g/mol. The van der Waals surface area contributed by atoms with E-state index in [4.69, 9.17) is 10.5 Å². The Morgan fingerprint density at radius 1 is 1.53 bits per heavy atom. The smallest absolute Gasteiger partial charge is 0.0731 e. The minimum Gasteiger partial charge on any atom is -0.375 e. The normalized spacial score (nSPS) is 31.4. The molecule has 2 N–H and O–H groups in total. The lowest BCUT2D eigenvalue weighted by Gasteiger charge is -2.42. The predicted octanol–water partition coefficient (Wildman–Crippen LogP) is 2.00. The van der Waals surface area contributed by atoms with Crippen LogP contribution in [0.1, 0.15) is 30.9 Å². The predicted molar refractivity (Wildman–Crippen MR) is 70.2 cm³/mol. The number of hydrogen-bond acceptors (Lipinski definition) is 4. The average Bonchev–Trinajstić information content (AvgIpc) is 3.00. The van der Waals surface area contributed by atoms with Crippen LogP contribution in [0.5, 0.6) is 0 Å². The van der Waals surface area contributed by atoms with Gasteiger partial charge in [0.15, 0.2) is 0 Å². The van der Waals surface area contributed by atoms with Gasteiger partial charge in [0.1, 0.15) is 0 Å². The van der Waals surface area contributed by atoms with Crippen molar-refractivity contribution < 1.29 is 4.74 Å². The summed E-state index contributed by atoms with van der Waals surface area (Å²) in [6.07, 6.45) is 4.25. The van der Waals surface area contributed by atoms with E-state index in [9.17, 15) is 0 Å². The van der Waals surface area contributed by atoms with E-state index in [-0.39, 0.29) is 0 Å². The molecule has 2 heterocycles. The van der Waals surface area contributed by atoms with Crippen molar-refractivity contribution in [2.24, 2.45) is 5.73 Å². The van der Waals surface area contributed by atoms with Crippen molar-refractivity contribution in [1.29, 1.82) is 0 Å². The number of thiophene rings is 1. The minimum atomic E-state index is 0.385. The Balaban J connectivity index is 1.81. The van der Waals surface area contributed by atoms with E-state index >= 15 is 0 Å². The maximum Gasteiger partial charge on any atom is 0.0731 e. The van der Waals surface area contributed by atoms with Gasteiger partial charge in [-0.1, -0.05) is 0 Å². The number of morpholine rings is 1. The summed E-state index contributed by atoms with van der Waals surface area (Å²) >= 11 is 1.76. The van der Waals surface area contributed by atoms with Crippen molar-refractivity contribution in [3.05, 3.63) is 22.4 Å². The van der Waals surface area contributed by atoms with Crippen LogP contribution in [0.4, 0.5) is 0 Å². The first-order valence-electron chi connectivity index (χ1n) is 6.49. The Morgan fingerprint density at radius 3 is 3.24 bits per heavy atom. The molecule has 17 heavy (non-hydrogen) atoms. The lowest BCUT2D eigenvalue weighted by Crippen LogP contribution is -2.51. The van der Waals surface area contributed by atoms with Gasteiger partial charge in [-0.3, -0.25) is 4.90 Å². The molecule has 3 unspecified atom stereocenters. The van der Waals surface area contributed by atoms with E-state index in [2.05, 4.69) is 21.7 Å². The lowest BCUT2D eigenvalue weighted by atomic mass is 10.0. The second-order valence-corrected chi connectivity index (χ2v) is 5.73. The maximum atomic E-state index is 6.00. The van der Waals surface area contributed by atoms with E-state index in [1.54, 1.807) is 11.3 Å². The SMILES string of the molecule is NCC(c1ccsc1)N1CCOC2CCCC21. The molecule has 0 aromatic carbocycles. The largest absolute Gasteiger partial charge is 0.375 e. The molecule has 2 aliphatic rings.